The molecule has 1 atom stereocenters. The second kappa shape index (κ2) is 6.88. The molecule has 1 heterocycles. The van der Waals surface area contributed by atoms with Crippen molar-refractivity contribution in [1.29, 1.82) is 0 Å². The molecule has 0 aromatic heterocycles. The van der Waals surface area contributed by atoms with E-state index in [0.717, 1.165) is 14.9 Å². The van der Waals surface area contributed by atoms with E-state index in [4.69, 9.17) is 0 Å². The maximum Gasteiger partial charge on any atom is 0.325 e. The Labute approximate surface area is 136 Å². The fourth-order valence-electron chi connectivity index (χ4n) is 2.12. The molecular weight excluding hydrogens is 385 g/mol. The lowest BCUT2D eigenvalue weighted by Crippen LogP contribution is -2.38. The number of urea groups is 1. The minimum absolute atomic E-state index is 0.268. The number of anilines is 1. The third-order valence-electron chi connectivity index (χ3n) is 3.09. The van der Waals surface area contributed by atoms with Crippen molar-refractivity contribution in [3.05, 3.63) is 27.8 Å². The molecule has 112 valence electrons. The summed E-state index contributed by atoms with van der Waals surface area (Å²) in [5, 5.41) is 5.27. The Morgan fingerprint density at radius 2 is 2.19 bits per heavy atom. The fraction of sp³-hybridized carbons (Fsp3) is 0.357. The van der Waals surface area contributed by atoms with E-state index in [-0.39, 0.29) is 12.5 Å². The first-order valence-electron chi connectivity index (χ1n) is 6.68. The molecule has 2 rings (SSSR count). The van der Waals surface area contributed by atoms with Crippen molar-refractivity contribution in [2.24, 2.45) is 0 Å². The molecule has 0 spiro atoms. The Bertz CT molecular complexity index is 576. The number of benzene rings is 1. The molecule has 1 aliphatic rings. The number of rotatable bonds is 5. The van der Waals surface area contributed by atoms with Gasteiger partial charge < -0.3 is 10.6 Å². The molecule has 1 aromatic rings. The van der Waals surface area contributed by atoms with Crippen LogP contribution in [0, 0.1) is 3.57 Å². The number of hydrogen-bond acceptors (Lipinski definition) is 3. The van der Waals surface area contributed by atoms with Gasteiger partial charge in [-0.15, -0.1) is 0 Å². The zero-order valence-corrected chi connectivity index (χ0v) is 13.7. The number of carbonyl (C=O) groups is 3. The van der Waals surface area contributed by atoms with Crippen molar-refractivity contribution < 1.29 is 14.4 Å². The quantitative estimate of drug-likeness (QED) is 0.585. The van der Waals surface area contributed by atoms with E-state index in [2.05, 4.69) is 33.2 Å². The van der Waals surface area contributed by atoms with Crippen molar-refractivity contribution in [2.45, 2.75) is 25.8 Å². The van der Waals surface area contributed by atoms with E-state index in [0.29, 0.717) is 12.1 Å². The van der Waals surface area contributed by atoms with Gasteiger partial charge in [0.2, 0.25) is 5.91 Å². The van der Waals surface area contributed by atoms with Crippen LogP contribution < -0.4 is 10.6 Å². The van der Waals surface area contributed by atoms with E-state index < -0.39 is 18.0 Å². The molecule has 6 nitrogen and oxygen atoms in total. The van der Waals surface area contributed by atoms with Crippen LogP contribution in [0.5, 0.6) is 0 Å². The van der Waals surface area contributed by atoms with Crippen LogP contribution in [0.2, 0.25) is 0 Å². The average Bonchev–Trinajstić information content (AvgIpc) is 2.67. The number of carbonyl (C=O) groups excluding carboxylic acids is 3. The molecule has 0 saturated carbocycles. The van der Waals surface area contributed by atoms with Crippen molar-refractivity contribution in [1.82, 2.24) is 10.2 Å². The van der Waals surface area contributed by atoms with Crippen LogP contribution in [-0.4, -0.2) is 35.3 Å². The maximum atomic E-state index is 12.0. The van der Waals surface area contributed by atoms with Crippen molar-refractivity contribution in [2.75, 3.05) is 11.9 Å². The first kappa shape index (κ1) is 15.7. The van der Waals surface area contributed by atoms with Crippen LogP contribution in [-0.2, 0) is 9.59 Å². The minimum Gasteiger partial charge on any atom is -0.326 e. The van der Waals surface area contributed by atoms with Crippen molar-refractivity contribution in [3.63, 3.8) is 0 Å². The van der Waals surface area contributed by atoms with Crippen molar-refractivity contribution in [3.8, 4) is 0 Å². The van der Waals surface area contributed by atoms with Gasteiger partial charge in [0.15, 0.2) is 0 Å². The maximum absolute atomic E-state index is 12.0. The summed E-state index contributed by atoms with van der Waals surface area (Å²) >= 11 is 2.14. The number of hydrogen-bond donors (Lipinski definition) is 2. The van der Waals surface area contributed by atoms with Crippen LogP contribution in [0.15, 0.2) is 24.3 Å². The van der Waals surface area contributed by atoms with Gasteiger partial charge in [0, 0.05) is 9.26 Å². The van der Waals surface area contributed by atoms with Gasteiger partial charge in [-0.1, -0.05) is 19.4 Å². The Balaban J connectivity index is 1.96. The third-order valence-corrected chi connectivity index (χ3v) is 3.77. The third kappa shape index (κ3) is 3.93. The summed E-state index contributed by atoms with van der Waals surface area (Å²) in [5.74, 6) is -0.725. The summed E-state index contributed by atoms with van der Waals surface area (Å²) in [7, 11) is 0. The number of halogens is 1. The predicted octanol–water partition coefficient (Wildman–Crippen LogP) is 1.95. The van der Waals surface area contributed by atoms with Crippen LogP contribution in [0.25, 0.3) is 0 Å². The Hall–Kier alpha value is -1.64. The van der Waals surface area contributed by atoms with Crippen LogP contribution in [0.1, 0.15) is 19.8 Å². The molecular formula is C14H16IN3O3. The second-order valence-electron chi connectivity index (χ2n) is 4.77. The first-order chi connectivity index (χ1) is 10.0. The van der Waals surface area contributed by atoms with E-state index in [1.807, 2.05) is 25.1 Å². The van der Waals surface area contributed by atoms with Gasteiger partial charge in [-0.25, -0.2) is 4.79 Å². The predicted molar refractivity (Wildman–Crippen MR) is 86.7 cm³/mol. The molecule has 1 aromatic carbocycles. The number of imide groups is 1. The number of nitrogens with zero attached hydrogens (tertiary/aromatic N) is 1. The largest absolute Gasteiger partial charge is 0.326 e. The summed E-state index contributed by atoms with van der Waals surface area (Å²) in [6.07, 6.45) is 1.37. The van der Waals surface area contributed by atoms with Gasteiger partial charge in [0.05, 0.1) is 0 Å². The normalized spacial score (nSPS) is 17.8. The van der Waals surface area contributed by atoms with Gasteiger partial charge in [0.25, 0.3) is 5.91 Å². The standard InChI is InChI=1S/C14H16IN3O3/c1-2-4-11-13(20)18(14(21)17-11)8-12(19)16-10-6-3-5-9(15)7-10/h3,5-7,11H,2,4,8H2,1H3,(H,16,19)(H,17,21). The second-order valence-corrected chi connectivity index (χ2v) is 6.02. The summed E-state index contributed by atoms with van der Waals surface area (Å²) in [6, 6.07) is 6.28. The van der Waals surface area contributed by atoms with Gasteiger partial charge >= 0.3 is 6.03 Å². The number of nitrogens with one attached hydrogen (secondary N) is 2. The highest BCUT2D eigenvalue weighted by Gasteiger charge is 2.38. The minimum atomic E-state index is -0.507. The molecule has 0 aliphatic carbocycles. The molecule has 1 unspecified atom stereocenters. The zero-order valence-electron chi connectivity index (χ0n) is 11.6. The van der Waals surface area contributed by atoms with Gasteiger partial charge in [-0.05, 0) is 47.2 Å². The van der Waals surface area contributed by atoms with E-state index >= 15 is 0 Å². The lowest BCUT2D eigenvalue weighted by molar-refractivity contribution is -0.130. The van der Waals surface area contributed by atoms with Crippen molar-refractivity contribution >= 4 is 46.1 Å². The molecule has 21 heavy (non-hydrogen) atoms. The molecule has 2 N–H and O–H groups in total. The lowest BCUT2D eigenvalue weighted by Gasteiger charge is -2.13. The molecule has 7 heteroatoms. The topological polar surface area (TPSA) is 78.5 Å². The molecule has 1 fully saturated rings. The van der Waals surface area contributed by atoms with E-state index in [1.165, 1.54) is 0 Å². The smallest absolute Gasteiger partial charge is 0.325 e. The summed E-state index contributed by atoms with van der Waals surface area (Å²) in [4.78, 5) is 36.6. The highest BCUT2D eigenvalue weighted by Crippen LogP contribution is 2.14. The summed E-state index contributed by atoms with van der Waals surface area (Å²) in [6.45, 7) is 1.67. The Morgan fingerprint density at radius 3 is 2.86 bits per heavy atom. The Kier molecular flexibility index (Phi) is 5.16. The first-order valence-corrected chi connectivity index (χ1v) is 7.76. The highest BCUT2D eigenvalue weighted by atomic mass is 127. The lowest BCUT2D eigenvalue weighted by atomic mass is 10.2. The molecule has 4 amide bonds. The highest BCUT2D eigenvalue weighted by molar-refractivity contribution is 14.1. The molecule has 1 aliphatic heterocycles. The van der Waals surface area contributed by atoms with E-state index in [1.54, 1.807) is 6.07 Å². The average molecular weight is 401 g/mol. The Morgan fingerprint density at radius 1 is 1.43 bits per heavy atom. The van der Waals surface area contributed by atoms with E-state index in [9.17, 15) is 14.4 Å². The van der Waals surface area contributed by atoms with Crippen LogP contribution in [0.4, 0.5) is 10.5 Å². The summed E-state index contributed by atoms with van der Waals surface area (Å²) < 4.78 is 0.989. The zero-order chi connectivity index (χ0) is 15.4. The monoisotopic (exact) mass is 401 g/mol. The van der Waals surface area contributed by atoms with Crippen LogP contribution in [0.3, 0.4) is 0 Å². The summed E-state index contributed by atoms with van der Waals surface area (Å²) in [5.41, 5.74) is 0.643. The molecule has 0 bridgehead atoms. The van der Waals surface area contributed by atoms with Gasteiger partial charge in [0.1, 0.15) is 12.6 Å². The molecule has 1 saturated heterocycles. The van der Waals surface area contributed by atoms with Gasteiger partial charge in [-0.2, -0.15) is 0 Å². The fourth-order valence-corrected chi connectivity index (χ4v) is 2.66. The molecule has 0 radical (unpaired) electrons. The van der Waals surface area contributed by atoms with Gasteiger partial charge in [-0.3, -0.25) is 14.5 Å². The number of amides is 4. The SMILES string of the molecule is CCCC1NC(=O)N(CC(=O)Nc2cccc(I)c2)C1=O. The van der Waals surface area contributed by atoms with Crippen LogP contribution >= 0.6 is 22.6 Å².